The molecule has 2 rings (SSSR count). The molecule has 1 amide bonds. The Labute approximate surface area is 175 Å². The number of carbonyl (C=O) groups excluding carboxylic acids is 2. The normalized spacial score (nSPS) is 15.2. The molecule has 0 spiro atoms. The number of esters is 1. The zero-order valence-electron chi connectivity index (χ0n) is 16.4. The lowest BCUT2D eigenvalue weighted by Gasteiger charge is -2.14. The molecule has 1 fully saturated rings. The Bertz CT molecular complexity index is 763. The summed E-state index contributed by atoms with van der Waals surface area (Å²) in [4.78, 5) is 26.2. The summed E-state index contributed by atoms with van der Waals surface area (Å²) in [6, 6.07) is 5.44. The number of thioether (sulfide) groups is 1. The third-order valence-electron chi connectivity index (χ3n) is 4.17. The van der Waals surface area contributed by atoms with Gasteiger partial charge in [-0.1, -0.05) is 30.4 Å². The van der Waals surface area contributed by atoms with Gasteiger partial charge in [0, 0.05) is 24.6 Å². The maximum absolute atomic E-state index is 12.7. The molecule has 1 aromatic rings. The van der Waals surface area contributed by atoms with Crippen LogP contribution in [0, 0.1) is 0 Å². The predicted molar refractivity (Wildman–Crippen MR) is 115 cm³/mol. The van der Waals surface area contributed by atoms with Crippen molar-refractivity contribution in [2.24, 2.45) is 0 Å². The fourth-order valence-corrected chi connectivity index (χ4v) is 4.02. The molecular weight excluding hydrogens is 398 g/mol. The van der Waals surface area contributed by atoms with Crippen LogP contribution >= 0.6 is 24.0 Å². The molecule has 1 aromatic carbocycles. The number of amides is 1. The zero-order chi connectivity index (χ0) is 20.5. The number of carbonyl (C=O) groups is 2. The van der Waals surface area contributed by atoms with Crippen LogP contribution < -0.4 is 9.47 Å². The largest absolute Gasteiger partial charge is 0.497 e. The number of nitrogens with zero attached hydrogens (tertiary/aromatic N) is 1. The quantitative estimate of drug-likeness (QED) is 0.244. The Hall–Kier alpha value is -2.06. The first-order valence-corrected chi connectivity index (χ1v) is 10.4. The van der Waals surface area contributed by atoms with Crippen molar-refractivity contribution in [3.63, 3.8) is 0 Å². The predicted octanol–water partition coefficient (Wildman–Crippen LogP) is 4.03. The molecule has 0 bridgehead atoms. The number of unbranched alkanes of at least 4 members (excludes halogenated alkanes) is 2. The van der Waals surface area contributed by atoms with Gasteiger partial charge in [0.25, 0.3) is 5.91 Å². The van der Waals surface area contributed by atoms with Gasteiger partial charge in [0.15, 0.2) is 0 Å². The summed E-state index contributed by atoms with van der Waals surface area (Å²) in [5, 5.41) is 0. The second kappa shape index (κ2) is 11.1. The molecule has 8 heteroatoms. The van der Waals surface area contributed by atoms with Crippen LogP contribution in [0.3, 0.4) is 0 Å². The third-order valence-corrected chi connectivity index (χ3v) is 5.55. The van der Waals surface area contributed by atoms with Gasteiger partial charge in [-0.25, -0.2) is 0 Å². The first kappa shape index (κ1) is 22.2. The van der Waals surface area contributed by atoms with Crippen molar-refractivity contribution in [1.29, 1.82) is 0 Å². The highest BCUT2D eigenvalue weighted by atomic mass is 32.2. The smallest absolute Gasteiger partial charge is 0.305 e. The monoisotopic (exact) mass is 423 g/mol. The van der Waals surface area contributed by atoms with E-state index in [0.29, 0.717) is 40.3 Å². The average molecular weight is 424 g/mol. The van der Waals surface area contributed by atoms with Gasteiger partial charge in [-0.15, -0.1) is 0 Å². The van der Waals surface area contributed by atoms with Gasteiger partial charge >= 0.3 is 5.97 Å². The van der Waals surface area contributed by atoms with Crippen molar-refractivity contribution in [1.82, 2.24) is 4.90 Å². The maximum atomic E-state index is 12.7. The Morgan fingerprint density at radius 2 is 2.00 bits per heavy atom. The van der Waals surface area contributed by atoms with Crippen LogP contribution in [-0.2, 0) is 14.3 Å². The van der Waals surface area contributed by atoms with Crippen molar-refractivity contribution in [2.45, 2.75) is 32.6 Å². The van der Waals surface area contributed by atoms with Crippen LogP contribution in [-0.4, -0.2) is 48.5 Å². The Morgan fingerprint density at radius 1 is 1.21 bits per heavy atom. The molecule has 0 N–H and O–H groups in total. The number of hydrogen-bond acceptors (Lipinski definition) is 7. The topological polar surface area (TPSA) is 65.1 Å². The van der Waals surface area contributed by atoms with E-state index in [2.05, 4.69) is 0 Å². The van der Waals surface area contributed by atoms with Gasteiger partial charge in [-0.2, -0.15) is 0 Å². The summed E-state index contributed by atoms with van der Waals surface area (Å²) < 4.78 is 16.0. The second-order valence-electron chi connectivity index (χ2n) is 6.06. The molecule has 1 heterocycles. The van der Waals surface area contributed by atoms with Gasteiger partial charge in [0.1, 0.15) is 15.8 Å². The third kappa shape index (κ3) is 5.97. The summed E-state index contributed by atoms with van der Waals surface area (Å²) in [6.07, 6.45) is 4.56. The van der Waals surface area contributed by atoms with Gasteiger partial charge < -0.3 is 14.2 Å². The van der Waals surface area contributed by atoms with E-state index in [0.717, 1.165) is 24.8 Å². The van der Waals surface area contributed by atoms with Crippen LogP contribution in [0.15, 0.2) is 23.1 Å². The van der Waals surface area contributed by atoms with E-state index in [-0.39, 0.29) is 11.9 Å². The Morgan fingerprint density at radius 3 is 2.68 bits per heavy atom. The lowest BCUT2D eigenvalue weighted by Crippen LogP contribution is -2.29. The van der Waals surface area contributed by atoms with E-state index in [1.165, 1.54) is 11.8 Å². The number of rotatable bonds is 10. The minimum atomic E-state index is -0.176. The Kier molecular flexibility index (Phi) is 8.79. The minimum absolute atomic E-state index is 0.0988. The molecule has 6 nitrogen and oxygen atoms in total. The molecular formula is C20H25NO5S2. The molecule has 28 heavy (non-hydrogen) atoms. The molecule has 0 unspecified atom stereocenters. The van der Waals surface area contributed by atoms with Crippen LogP contribution in [0.1, 0.15) is 38.2 Å². The van der Waals surface area contributed by atoms with Gasteiger partial charge in [-0.3, -0.25) is 14.5 Å². The molecule has 0 radical (unpaired) electrons. The first-order valence-electron chi connectivity index (χ1n) is 9.13. The summed E-state index contributed by atoms with van der Waals surface area (Å²) >= 11 is 6.66. The lowest BCUT2D eigenvalue weighted by atomic mass is 10.1. The van der Waals surface area contributed by atoms with Crippen molar-refractivity contribution in [2.75, 3.05) is 27.4 Å². The van der Waals surface area contributed by atoms with Gasteiger partial charge in [-0.05, 0) is 38.0 Å². The van der Waals surface area contributed by atoms with E-state index in [4.69, 9.17) is 26.4 Å². The fraction of sp³-hybridized carbons (Fsp3) is 0.450. The molecule has 1 aliphatic heterocycles. The second-order valence-corrected chi connectivity index (χ2v) is 7.73. The minimum Gasteiger partial charge on any atom is -0.497 e. The lowest BCUT2D eigenvalue weighted by molar-refractivity contribution is -0.143. The molecule has 1 saturated heterocycles. The fourth-order valence-electron chi connectivity index (χ4n) is 2.72. The first-order chi connectivity index (χ1) is 13.5. The van der Waals surface area contributed by atoms with Crippen LogP contribution in [0.2, 0.25) is 0 Å². The van der Waals surface area contributed by atoms with Crippen LogP contribution in [0.25, 0.3) is 6.08 Å². The number of benzene rings is 1. The maximum Gasteiger partial charge on any atom is 0.305 e. The molecule has 0 saturated carbocycles. The standard InChI is InChI=1S/C20H25NO5S2/c1-4-26-18(22)8-6-5-7-11-21-19(23)17(28-20(21)27)12-14-9-10-15(24-2)13-16(14)25-3/h9-10,12-13H,4-8,11H2,1-3H3/b17-12-. The van der Waals surface area contributed by atoms with Crippen molar-refractivity contribution < 1.29 is 23.8 Å². The van der Waals surface area contributed by atoms with Crippen LogP contribution in [0.5, 0.6) is 11.5 Å². The Balaban J connectivity index is 1.94. The molecule has 0 aliphatic carbocycles. The summed E-state index contributed by atoms with van der Waals surface area (Å²) in [5.41, 5.74) is 0.790. The van der Waals surface area contributed by atoms with Gasteiger partial charge in [0.05, 0.1) is 25.7 Å². The SMILES string of the molecule is CCOC(=O)CCCCCN1C(=O)/C(=C/c2ccc(OC)cc2OC)SC1=S. The number of hydrogen-bond donors (Lipinski definition) is 0. The molecule has 0 aromatic heterocycles. The highest BCUT2D eigenvalue weighted by Crippen LogP contribution is 2.35. The van der Waals surface area contributed by atoms with Crippen molar-refractivity contribution in [3.05, 3.63) is 28.7 Å². The number of methoxy groups -OCH3 is 2. The number of ether oxygens (including phenoxy) is 3. The number of thiocarbonyl (C=S) groups is 1. The van der Waals surface area contributed by atoms with Crippen molar-refractivity contribution in [3.8, 4) is 11.5 Å². The van der Waals surface area contributed by atoms with E-state index in [1.807, 2.05) is 12.1 Å². The molecule has 0 atom stereocenters. The van der Waals surface area contributed by atoms with Crippen molar-refractivity contribution >= 4 is 46.3 Å². The highest BCUT2D eigenvalue weighted by molar-refractivity contribution is 8.26. The summed E-state index contributed by atoms with van der Waals surface area (Å²) in [6.45, 7) is 2.74. The van der Waals surface area contributed by atoms with Gasteiger partial charge in [0.2, 0.25) is 0 Å². The van der Waals surface area contributed by atoms with E-state index in [9.17, 15) is 9.59 Å². The summed E-state index contributed by atoms with van der Waals surface area (Å²) in [7, 11) is 3.17. The van der Waals surface area contributed by atoms with E-state index >= 15 is 0 Å². The van der Waals surface area contributed by atoms with E-state index < -0.39 is 0 Å². The zero-order valence-corrected chi connectivity index (χ0v) is 18.0. The molecule has 152 valence electrons. The molecule has 1 aliphatic rings. The average Bonchev–Trinajstić information content (AvgIpc) is 2.95. The van der Waals surface area contributed by atoms with Crippen LogP contribution in [0.4, 0.5) is 0 Å². The van der Waals surface area contributed by atoms with E-state index in [1.54, 1.807) is 38.2 Å². The summed E-state index contributed by atoms with van der Waals surface area (Å²) in [5.74, 6) is 1.04. The highest BCUT2D eigenvalue weighted by Gasteiger charge is 2.31.